The lowest BCUT2D eigenvalue weighted by Crippen LogP contribution is -2.40. The second-order valence-electron chi connectivity index (χ2n) is 3.58. The van der Waals surface area contributed by atoms with E-state index in [-0.39, 0.29) is 18.6 Å². The van der Waals surface area contributed by atoms with Crippen LogP contribution in [0.3, 0.4) is 0 Å². The van der Waals surface area contributed by atoms with Gasteiger partial charge in [0.05, 0.1) is 6.04 Å². The van der Waals surface area contributed by atoms with Crippen molar-refractivity contribution in [2.24, 2.45) is 5.73 Å². The highest BCUT2D eigenvalue weighted by Crippen LogP contribution is 2.13. The van der Waals surface area contributed by atoms with Gasteiger partial charge >= 0.3 is 0 Å². The topological polar surface area (TPSA) is 64.3 Å². The number of likely N-dealkylation sites (N-methyl/N-ethyl adjacent to an activating group) is 1. The molecule has 0 aliphatic heterocycles. The molecule has 0 spiro atoms. The maximum atomic E-state index is 11.1. The first-order chi connectivity index (χ1) is 8.17. The number of rotatable bonds is 6. The van der Waals surface area contributed by atoms with Crippen LogP contribution in [0.5, 0.6) is 5.75 Å². The van der Waals surface area contributed by atoms with Crippen LogP contribution in [0.15, 0.2) is 24.3 Å². The van der Waals surface area contributed by atoms with Gasteiger partial charge in [0.15, 0.2) is 0 Å². The molecule has 1 unspecified atom stereocenters. The fraction of sp³-hybridized carbons (Fsp3) is 0.308. The molecule has 4 nitrogen and oxygen atoms in total. The summed E-state index contributed by atoms with van der Waals surface area (Å²) in [6.07, 6.45) is 5.65. The highest BCUT2D eigenvalue weighted by molar-refractivity contribution is 5.80. The first-order valence-corrected chi connectivity index (χ1v) is 5.29. The monoisotopic (exact) mass is 232 g/mol. The third kappa shape index (κ3) is 4.17. The van der Waals surface area contributed by atoms with Crippen molar-refractivity contribution in [1.29, 1.82) is 0 Å². The number of amides is 1. The molecule has 1 aromatic rings. The summed E-state index contributed by atoms with van der Waals surface area (Å²) in [6.45, 7) is 0.250. The fourth-order valence-electron chi connectivity index (χ4n) is 1.43. The van der Waals surface area contributed by atoms with Crippen LogP contribution in [-0.2, 0) is 11.2 Å². The summed E-state index contributed by atoms with van der Waals surface area (Å²) in [4.78, 5) is 11.1. The summed E-state index contributed by atoms with van der Waals surface area (Å²) < 4.78 is 5.25. The predicted molar refractivity (Wildman–Crippen MR) is 66.5 cm³/mol. The zero-order valence-electron chi connectivity index (χ0n) is 9.77. The fourth-order valence-corrected chi connectivity index (χ4v) is 1.43. The Morgan fingerprint density at radius 1 is 1.53 bits per heavy atom. The molecule has 1 aromatic carbocycles. The van der Waals surface area contributed by atoms with Gasteiger partial charge in [-0.3, -0.25) is 4.79 Å². The van der Waals surface area contributed by atoms with Gasteiger partial charge < -0.3 is 15.8 Å². The molecule has 0 radical (unpaired) electrons. The molecule has 90 valence electrons. The zero-order chi connectivity index (χ0) is 12.7. The second kappa shape index (κ2) is 6.56. The van der Waals surface area contributed by atoms with Gasteiger partial charge in [0, 0.05) is 0 Å². The number of ether oxygens (including phenoxy) is 1. The van der Waals surface area contributed by atoms with Gasteiger partial charge in [-0.2, -0.15) is 0 Å². The summed E-state index contributed by atoms with van der Waals surface area (Å²) >= 11 is 0. The third-order valence-corrected chi connectivity index (χ3v) is 2.38. The Hall–Kier alpha value is -1.99. The molecule has 4 heteroatoms. The van der Waals surface area contributed by atoms with Gasteiger partial charge in [-0.15, -0.1) is 6.42 Å². The van der Waals surface area contributed by atoms with Crippen LogP contribution < -0.4 is 15.8 Å². The Kier molecular flexibility index (Phi) is 5.05. The Bertz CT molecular complexity index is 406. The molecule has 0 saturated carbocycles. The van der Waals surface area contributed by atoms with Crippen molar-refractivity contribution in [3.05, 3.63) is 29.8 Å². The normalized spacial score (nSPS) is 11.5. The maximum Gasteiger partial charge on any atom is 0.234 e. The number of hydrogen-bond acceptors (Lipinski definition) is 3. The molecular formula is C13H16N2O2. The van der Waals surface area contributed by atoms with Crippen LogP contribution >= 0.6 is 0 Å². The summed E-state index contributed by atoms with van der Waals surface area (Å²) in [5.74, 6) is 2.75. The number of nitrogens with two attached hydrogens (primary N) is 1. The quantitative estimate of drug-likeness (QED) is 0.694. The number of nitrogens with one attached hydrogen (secondary N) is 1. The Balaban J connectivity index is 2.61. The first kappa shape index (κ1) is 13.1. The van der Waals surface area contributed by atoms with E-state index in [1.54, 1.807) is 7.05 Å². The minimum Gasteiger partial charge on any atom is -0.481 e. The highest BCUT2D eigenvalue weighted by Gasteiger charge is 2.12. The molecule has 0 aliphatic rings. The van der Waals surface area contributed by atoms with E-state index >= 15 is 0 Å². The molecule has 0 aromatic heterocycles. The van der Waals surface area contributed by atoms with E-state index in [0.29, 0.717) is 12.2 Å². The van der Waals surface area contributed by atoms with Crippen molar-refractivity contribution in [2.45, 2.75) is 12.5 Å². The van der Waals surface area contributed by atoms with Crippen molar-refractivity contribution in [1.82, 2.24) is 5.32 Å². The molecule has 1 rings (SSSR count). The lowest BCUT2D eigenvalue weighted by molar-refractivity contribution is -0.119. The molecular weight excluding hydrogens is 216 g/mol. The van der Waals surface area contributed by atoms with Crippen LogP contribution in [0.4, 0.5) is 0 Å². The van der Waals surface area contributed by atoms with Crippen LogP contribution in [0.25, 0.3) is 0 Å². The summed E-state index contributed by atoms with van der Waals surface area (Å²) in [7, 11) is 1.71. The van der Waals surface area contributed by atoms with Gasteiger partial charge in [0.1, 0.15) is 12.4 Å². The number of hydrogen-bond donors (Lipinski definition) is 2. The molecule has 0 aliphatic carbocycles. The molecule has 0 saturated heterocycles. The van der Waals surface area contributed by atoms with Crippen molar-refractivity contribution in [2.75, 3.05) is 13.7 Å². The van der Waals surface area contributed by atoms with Gasteiger partial charge in [-0.05, 0) is 31.2 Å². The van der Waals surface area contributed by atoms with Gasteiger partial charge in [0.2, 0.25) is 5.91 Å². The number of terminal acetylenes is 1. The minimum absolute atomic E-state index is 0.250. The van der Waals surface area contributed by atoms with Gasteiger partial charge in [-0.1, -0.05) is 18.1 Å². The number of primary amides is 1. The van der Waals surface area contributed by atoms with Crippen molar-refractivity contribution in [3.63, 3.8) is 0 Å². The molecule has 1 amide bonds. The van der Waals surface area contributed by atoms with Crippen LogP contribution in [-0.4, -0.2) is 25.6 Å². The average molecular weight is 232 g/mol. The molecule has 1 atom stereocenters. The first-order valence-electron chi connectivity index (χ1n) is 5.29. The number of carbonyl (C=O) groups is 1. The molecule has 0 fully saturated rings. The van der Waals surface area contributed by atoms with Crippen molar-refractivity contribution >= 4 is 5.91 Å². The number of carbonyl (C=O) groups excluding carboxylic acids is 1. The van der Waals surface area contributed by atoms with E-state index in [2.05, 4.69) is 11.2 Å². The molecule has 3 N–H and O–H groups in total. The van der Waals surface area contributed by atoms with Crippen LogP contribution in [0.2, 0.25) is 0 Å². The Labute approximate surface area is 101 Å². The molecule has 0 bridgehead atoms. The highest BCUT2D eigenvalue weighted by atomic mass is 16.5. The van der Waals surface area contributed by atoms with Gasteiger partial charge in [0.25, 0.3) is 0 Å². The lowest BCUT2D eigenvalue weighted by Gasteiger charge is -2.12. The van der Waals surface area contributed by atoms with E-state index < -0.39 is 0 Å². The average Bonchev–Trinajstić information content (AvgIpc) is 2.34. The van der Waals surface area contributed by atoms with Gasteiger partial charge in [-0.25, -0.2) is 0 Å². The van der Waals surface area contributed by atoms with E-state index in [4.69, 9.17) is 16.9 Å². The van der Waals surface area contributed by atoms with E-state index in [0.717, 1.165) is 5.56 Å². The second-order valence-corrected chi connectivity index (χ2v) is 3.58. The van der Waals surface area contributed by atoms with Crippen molar-refractivity contribution in [3.8, 4) is 18.1 Å². The van der Waals surface area contributed by atoms with E-state index in [9.17, 15) is 4.79 Å². The minimum atomic E-state index is -0.361. The van der Waals surface area contributed by atoms with E-state index in [1.807, 2.05) is 24.3 Å². The SMILES string of the molecule is C#CCOc1ccc(CC(NC)C(N)=O)cc1. The molecule has 0 heterocycles. The standard InChI is InChI=1S/C13H16N2O2/c1-3-8-17-11-6-4-10(5-7-11)9-12(15-2)13(14)16/h1,4-7,12,15H,8-9H2,2H3,(H2,14,16). The Morgan fingerprint density at radius 3 is 2.65 bits per heavy atom. The van der Waals surface area contributed by atoms with E-state index in [1.165, 1.54) is 0 Å². The zero-order valence-corrected chi connectivity index (χ0v) is 9.77. The van der Waals surface area contributed by atoms with Crippen LogP contribution in [0.1, 0.15) is 5.56 Å². The smallest absolute Gasteiger partial charge is 0.234 e. The summed E-state index contributed by atoms with van der Waals surface area (Å²) in [6, 6.07) is 7.06. The third-order valence-electron chi connectivity index (χ3n) is 2.38. The summed E-state index contributed by atoms with van der Waals surface area (Å²) in [5.41, 5.74) is 6.25. The number of benzene rings is 1. The van der Waals surface area contributed by atoms with Crippen LogP contribution in [0, 0.1) is 12.3 Å². The van der Waals surface area contributed by atoms with Crippen molar-refractivity contribution < 1.29 is 9.53 Å². The predicted octanol–water partition coefficient (Wildman–Crippen LogP) is 0.314. The largest absolute Gasteiger partial charge is 0.481 e. The molecule has 17 heavy (non-hydrogen) atoms. The Morgan fingerprint density at radius 2 is 2.18 bits per heavy atom. The lowest BCUT2D eigenvalue weighted by atomic mass is 10.1. The summed E-state index contributed by atoms with van der Waals surface area (Å²) in [5, 5.41) is 2.87. The maximum absolute atomic E-state index is 11.1.